The summed E-state index contributed by atoms with van der Waals surface area (Å²) >= 11 is 1.25. The third kappa shape index (κ3) is 4.32. The number of amides is 1. The van der Waals surface area contributed by atoms with E-state index in [0.717, 1.165) is 10.4 Å². The number of hydrogen-bond acceptors (Lipinski definition) is 7. The minimum absolute atomic E-state index is 0.119. The third-order valence-electron chi connectivity index (χ3n) is 4.09. The van der Waals surface area contributed by atoms with Crippen LogP contribution in [0.25, 0.3) is 6.08 Å². The fraction of sp³-hybridized carbons (Fsp3) is 0.250. The molecule has 0 fully saturated rings. The number of aryl methyl sites for hydroxylation is 1. The first-order valence-electron chi connectivity index (χ1n) is 8.19. The molecule has 1 amide bonds. The number of nitriles is 1. The van der Waals surface area contributed by atoms with Gasteiger partial charge in [0.2, 0.25) is 0 Å². The van der Waals surface area contributed by atoms with Gasteiger partial charge in [-0.3, -0.25) is 4.79 Å². The molecule has 1 aromatic carbocycles. The van der Waals surface area contributed by atoms with Crippen LogP contribution in [0.3, 0.4) is 0 Å². The Bertz CT molecular complexity index is 985. The normalized spacial score (nSPS) is 10.8. The van der Waals surface area contributed by atoms with E-state index in [0.29, 0.717) is 27.6 Å². The van der Waals surface area contributed by atoms with E-state index in [4.69, 9.17) is 14.2 Å². The number of thiophene rings is 1. The summed E-state index contributed by atoms with van der Waals surface area (Å²) in [6, 6.07) is 6.92. The first kappa shape index (κ1) is 21.0. The van der Waals surface area contributed by atoms with E-state index in [1.54, 1.807) is 25.1 Å². The SMILES string of the molecule is COC(=O)c1c(NC(=O)/C(C#N)=C/c2ccc(OC)c(OC)c2)sc(C)c1C. The number of hydrogen-bond donors (Lipinski definition) is 1. The lowest BCUT2D eigenvalue weighted by molar-refractivity contribution is -0.112. The average molecular weight is 400 g/mol. The Morgan fingerprint density at radius 1 is 1.14 bits per heavy atom. The van der Waals surface area contributed by atoms with Crippen molar-refractivity contribution in [2.24, 2.45) is 0 Å². The molecule has 0 aliphatic rings. The van der Waals surface area contributed by atoms with Crippen LogP contribution in [0.15, 0.2) is 23.8 Å². The molecule has 0 spiro atoms. The van der Waals surface area contributed by atoms with Gasteiger partial charge >= 0.3 is 5.97 Å². The molecule has 2 aromatic rings. The molecular weight excluding hydrogens is 380 g/mol. The van der Waals surface area contributed by atoms with E-state index in [-0.39, 0.29) is 5.57 Å². The average Bonchev–Trinajstić information content (AvgIpc) is 2.98. The van der Waals surface area contributed by atoms with Crippen LogP contribution in [0.1, 0.15) is 26.4 Å². The quantitative estimate of drug-likeness (QED) is 0.451. The molecule has 0 saturated heterocycles. The van der Waals surface area contributed by atoms with E-state index in [1.165, 1.54) is 38.7 Å². The molecule has 1 heterocycles. The monoisotopic (exact) mass is 400 g/mol. The highest BCUT2D eigenvalue weighted by Crippen LogP contribution is 2.33. The van der Waals surface area contributed by atoms with Crippen molar-refractivity contribution in [2.75, 3.05) is 26.6 Å². The standard InChI is InChI=1S/C20H20N2O5S/c1-11-12(2)28-19(17(11)20(24)27-5)22-18(23)14(10-21)8-13-6-7-15(25-3)16(9-13)26-4/h6-9H,1-5H3,(H,22,23)/b14-8+. The highest BCUT2D eigenvalue weighted by molar-refractivity contribution is 7.16. The molecular formula is C20H20N2O5S. The number of esters is 1. The van der Waals surface area contributed by atoms with Gasteiger partial charge < -0.3 is 19.5 Å². The van der Waals surface area contributed by atoms with Gasteiger partial charge in [0.05, 0.1) is 26.9 Å². The molecule has 0 aliphatic carbocycles. The number of ether oxygens (including phenoxy) is 3. The second-order valence-electron chi connectivity index (χ2n) is 5.72. The predicted molar refractivity (Wildman–Crippen MR) is 107 cm³/mol. The number of rotatable bonds is 6. The number of nitrogens with one attached hydrogen (secondary N) is 1. The lowest BCUT2D eigenvalue weighted by Gasteiger charge is -2.08. The first-order chi connectivity index (χ1) is 13.4. The molecule has 0 aliphatic heterocycles. The second kappa shape index (κ2) is 9.06. The summed E-state index contributed by atoms with van der Waals surface area (Å²) in [6.07, 6.45) is 1.43. The molecule has 146 valence electrons. The van der Waals surface area contributed by atoms with Crippen molar-refractivity contribution < 1.29 is 23.8 Å². The second-order valence-corrected chi connectivity index (χ2v) is 6.94. The van der Waals surface area contributed by atoms with Crippen molar-refractivity contribution in [3.8, 4) is 17.6 Å². The number of methoxy groups -OCH3 is 3. The van der Waals surface area contributed by atoms with Gasteiger partial charge in [0, 0.05) is 4.88 Å². The van der Waals surface area contributed by atoms with Crippen LogP contribution in [-0.2, 0) is 9.53 Å². The van der Waals surface area contributed by atoms with Gasteiger partial charge in [0.15, 0.2) is 11.5 Å². The summed E-state index contributed by atoms with van der Waals surface area (Å²) in [6.45, 7) is 3.62. The Kier molecular flexibility index (Phi) is 6.79. The van der Waals surface area contributed by atoms with Crippen LogP contribution in [0.2, 0.25) is 0 Å². The molecule has 0 unspecified atom stereocenters. The Morgan fingerprint density at radius 2 is 1.82 bits per heavy atom. The molecule has 7 nitrogen and oxygen atoms in total. The van der Waals surface area contributed by atoms with Crippen LogP contribution in [0.4, 0.5) is 5.00 Å². The van der Waals surface area contributed by atoms with Gasteiger partial charge in [-0.25, -0.2) is 4.79 Å². The van der Waals surface area contributed by atoms with Crippen LogP contribution in [0.5, 0.6) is 11.5 Å². The van der Waals surface area contributed by atoms with Crippen molar-refractivity contribution >= 4 is 34.3 Å². The number of carbonyl (C=O) groups excluding carboxylic acids is 2. The highest BCUT2D eigenvalue weighted by atomic mass is 32.1. The van der Waals surface area contributed by atoms with Gasteiger partial charge in [-0.2, -0.15) is 5.26 Å². The lowest BCUT2D eigenvalue weighted by Crippen LogP contribution is -2.15. The molecule has 28 heavy (non-hydrogen) atoms. The zero-order valence-corrected chi connectivity index (χ0v) is 17.0. The molecule has 2 rings (SSSR count). The maximum atomic E-state index is 12.6. The molecule has 0 atom stereocenters. The van der Waals surface area contributed by atoms with E-state index in [1.807, 2.05) is 13.0 Å². The largest absolute Gasteiger partial charge is 0.493 e. The van der Waals surface area contributed by atoms with E-state index < -0.39 is 11.9 Å². The fourth-order valence-electron chi connectivity index (χ4n) is 2.49. The number of nitrogens with zero attached hydrogens (tertiary/aromatic N) is 1. The van der Waals surface area contributed by atoms with Crippen LogP contribution < -0.4 is 14.8 Å². The zero-order chi connectivity index (χ0) is 20.8. The number of anilines is 1. The number of benzene rings is 1. The summed E-state index contributed by atoms with van der Waals surface area (Å²) in [5.41, 5.74) is 1.50. The molecule has 0 saturated carbocycles. The molecule has 8 heteroatoms. The summed E-state index contributed by atoms with van der Waals surface area (Å²) in [5, 5.41) is 12.4. The van der Waals surface area contributed by atoms with Crippen molar-refractivity contribution in [2.45, 2.75) is 13.8 Å². The summed E-state index contributed by atoms with van der Waals surface area (Å²) in [7, 11) is 4.29. The van der Waals surface area contributed by atoms with Crippen molar-refractivity contribution in [3.05, 3.63) is 45.3 Å². The molecule has 0 bridgehead atoms. The van der Waals surface area contributed by atoms with Gasteiger partial charge in [-0.05, 0) is 43.2 Å². The van der Waals surface area contributed by atoms with Gasteiger partial charge in [-0.1, -0.05) is 6.07 Å². The van der Waals surface area contributed by atoms with Crippen LogP contribution in [-0.4, -0.2) is 33.2 Å². The van der Waals surface area contributed by atoms with Crippen molar-refractivity contribution in [1.29, 1.82) is 5.26 Å². The smallest absolute Gasteiger partial charge is 0.341 e. The lowest BCUT2D eigenvalue weighted by atomic mass is 10.1. The topological polar surface area (TPSA) is 97.7 Å². The third-order valence-corrected chi connectivity index (χ3v) is 5.21. The van der Waals surface area contributed by atoms with Gasteiger partial charge in [-0.15, -0.1) is 11.3 Å². The highest BCUT2D eigenvalue weighted by Gasteiger charge is 2.22. The first-order valence-corrected chi connectivity index (χ1v) is 9.01. The van der Waals surface area contributed by atoms with Crippen molar-refractivity contribution in [1.82, 2.24) is 0 Å². The zero-order valence-electron chi connectivity index (χ0n) is 16.2. The van der Waals surface area contributed by atoms with Gasteiger partial charge in [0.25, 0.3) is 5.91 Å². The summed E-state index contributed by atoms with van der Waals surface area (Å²) in [5.74, 6) is -0.149. The predicted octanol–water partition coefficient (Wildman–Crippen LogP) is 3.71. The van der Waals surface area contributed by atoms with E-state index >= 15 is 0 Å². The Balaban J connectivity index is 2.35. The molecule has 0 radical (unpaired) electrons. The van der Waals surface area contributed by atoms with Crippen LogP contribution in [0, 0.1) is 25.2 Å². The fourth-order valence-corrected chi connectivity index (χ4v) is 3.53. The maximum Gasteiger partial charge on any atom is 0.341 e. The maximum absolute atomic E-state index is 12.6. The Labute approximate surface area is 167 Å². The molecule has 1 N–H and O–H groups in total. The molecule has 1 aromatic heterocycles. The van der Waals surface area contributed by atoms with Crippen molar-refractivity contribution in [3.63, 3.8) is 0 Å². The Hall–Kier alpha value is -3.31. The summed E-state index contributed by atoms with van der Waals surface area (Å²) < 4.78 is 15.2. The number of carbonyl (C=O) groups is 2. The Morgan fingerprint density at radius 3 is 2.39 bits per heavy atom. The van der Waals surface area contributed by atoms with E-state index in [2.05, 4.69) is 5.32 Å². The van der Waals surface area contributed by atoms with E-state index in [9.17, 15) is 14.9 Å². The minimum Gasteiger partial charge on any atom is -0.493 e. The van der Waals surface area contributed by atoms with Gasteiger partial charge in [0.1, 0.15) is 16.6 Å². The van der Waals surface area contributed by atoms with Crippen LogP contribution >= 0.6 is 11.3 Å². The summed E-state index contributed by atoms with van der Waals surface area (Å²) in [4.78, 5) is 25.5. The minimum atomic E-state index is -0.622.